The first-order valence-electron chi connectivity index (χ1n) is 14.3. The fourth-order valence-electron chi connectivity index (χ4n) is 5.66. The van der Waals surface area contributed by atoms with Crippen molar-refractivity contribution in [2.75, 3.05) is 60.5 Å². The van der Waals surface area contributed by atoms with Crippen molar-refractivity contribution >= 4 is 34.6 Å². The van der Waals surface area contributed by atoms with E-state index in [0.29, 0.717) is 35.4 Å². The highest BCUT2D eigenvalue weighted by atomic mass is 16.7. The summed E-state index contributed by atoms with van der Waals surface area (Å²) in [7, 11) is 1.65. The van der Waals surface area contributed by atoms with E-state index in [1.807, 2.05) is 29.3 Å². The minimum absolute atomic E-state index is 0.176. The zero-order valence-electron chi connectivity index (χ0n) is 23.5. The van der Waals surface area contributed by atoms with Gasteiger partial charge in [-0.05, 0) is 43.4 Å². The summed E-state index contributed by atoms with van der Waals surface area (Å²) in [6.45, 7) is 8.07. The molecule has 1 amide bonds. The van der Waals surface area contributed by atoms with E-state index >= 15 is 0 Å². The summed E-state index contributed by atoms with van der Waals surface area (Å²) in [5.41, 5.74) is 3.56. The lowest BCUT2D eigenvalue weighted by molar-refractivity contribution is -0.111. The third kappa shape index (κ3) is 6.28. The van der Waals surface area contributed by atoms with Gasteiger partial charge < -0.3 is 20.3 Å². The summed E-state index contributed by atoms with van der Waals surface area (Å²) < 4.78 is 5.81. The van der Waals surface area contributed by atoms with E-state index in [1.54, 1.807) is 7.11 Å². The predicted octanol–water partition coefficient (Wildman–Crippen LogP) is 4.39. The lowest BCUT2D eigenvalue weighted by Crippen LogP contribution is -2.47. The number of hydrogen-bond acceptors (Lipinski definition) is 9. The molecule has 2 aromatic carbocycles. The number of piperazine rings is 1. The summed E-state index contributed by atoms with van der Waals surface area (Å²) in [6.07, 6.45) is 7.20. The van der Waals surface area contributed by atoms with Gasteiger partial charge in [0, 0.05) is 44.4 Å². The van der Waals surface area contributed by atoms with Crippen LogP contribution in [0.4, 0.5) is 28.7 Å². The number of aromatic nitrogens is 2. The van der Waals surface area contributed by atoms with Crippen LogP contribution in [0.2, 0.25) is 0 Å². The molecule has 3 aromatic rings. The zero-order chi connectivity index (χ0) is 28.2. The van der Waals surface area contributed by atoms with E-state index in [9.17, 15) is 4.79 Å². The monoisotopic (exact) mass is 555 g/mol. The van der Waals surface area contributed by atoms with Gasteiger partial charge in [-0.3, -0.25) is 14.5 Å². The van der Waals surface area contributed by atoms with Gasteiger partial charge in [0.05, 0.1) is 36.8 Å². The summed E-state index contributed by atoms with van der Waals surface area (Å²) >= 11 is 0. The van der Waals surface area contributed by atoms with Crippen molar-refractivity contribution < 1.29 is 14.4 Å². The van der Waals surface area contributed by atoms with E-state index in [2.05, 4.69) is 61.2 Å². The van der Waals surface area contributed by atoms with Gasteiger partial charge in [-0.15, -0.1) is 0 Å². The zero-order valence-corrected chi connectivity index (χ0v) is 23.5. The maximum absolute atomic E-state index is 12.4. The number of hydrogen-bond donors (Lipinski definition) is 2. The van der Waals surface area contributed by atoms with Crippen molar-refractivity contribution in [1.82, 2.24) is 14.9 Å². The Bertz CT molecular complexity index is 1370. The number of amides is 1. The smallest absolute Gasteiger partial charge is 0.247 e. The molecule has 10 nitrogen and oxygen atoms in total. The van der Waals surface area contributed by atoms with Crippen LogP contribution in [0.5, 0.6) is 5.75 Å². The molecule has 2 saturated heterocycles. The molecule has 0 radical (unpaired) electrons. The number of rotatable bonds is 10. The average molecular weight is 556 g/mol. The summed E-state index contributed by atoms with van der Waals surface area (Å²) in [5, 5.41) is 8.27. The first-order valence-corrected chi connectivity index (χ1v) is 14.3. The Morgan fingerprint density at radius 1 is 1.07 bits per heavy atom. The molecule has 41 heavy (non-hydrogen) atoms. The van der Waals surface area contributed by atoms with Crippen LogP contribution < -0.4 is 25.3 Å². The van der Waals surface area contributed by atoms with Gasteiger partial charge >= 0.3 is 0 Å². The van der Waals surface area contributed by atoms with Crippen LogP contribution in [0.25, 0.3) is 0 Å². The Kier molecular flexibility index (Phi) is 8.02. The number of methoxy groups -OCH3 is 1. The number of nitrogens with zero attached hydrogens (tertiary/aromatic N) is 5. The Labute approximate surface area is 240 Å². The average Bonchev–Trinajstić information content (AvgIpc) is 3.76. The van der Waals surface area contributed by atoms with Crippen LogP contribution in [-0.2, 0) is 16.1 Å². The van der Waals surface area contributed by atoms with Gasteiger partial charge in [-0.2, -0.15) is 0 Å². The van der Waals surface area contributed by atoms with Crippen LogP contribution in [0.3, 0.4) is 0 Å². The number of carbonyl (C=O) groups is 1. The summed E-state index contributed by atoms with van der Waals surface area (Å²) in [4.78, 5) is 32.2. The molecule has 0 bridgehead atoms. The van der Waals surface area contributed by atoms with Crippen molar-refractivity contribution in [3.05, 3.63) is 73.1 Å². The SMILES string of the molecule is C=CC(=O)Nc1cc(Nc2cc(N3OCC[C@@H]3Cc3ccccc3)ncn2)c(OC)cc1N1CCN(C2CC2)CC1. The number of benzene rings is 2. The Hall–Kier alpha value is -4.15. The molecule has 1 atom stereocenters. The number of ether oxygens (including phenoxy) is 1. The topological polar surface area (TPSA) is 95.1 Å². The number of carbonyl (C=O) groups excluding carboxylic acids is 1. The molecule has 6 rings (SSSR count). The Morgan fingerprint density at radius 2 is 1.88 bits per heavy atom. The Morgan fingerprint density at radius 3 is 2.61 bits per heavy atom. The van der Waals surface area contributed by atoms with Gasteiger partial charge in [-0.1, -0.05) is 36.9 Å². The second kappa shape index (κ2) is 12.2. The fraction of sp³-hybridized carbons (Fsp3) is 0.387. The third-order valence-electron chi connectivity index (χ3n) is 7.95. The fourth-order valence-corrected chi connectivity index (χ4v) is 5.66. The third-order valence-corrected chi connectivity index (χ3v) is 7.95. The molecule has 3 heterocycles. The molecular weight excluding hydrogens is 518 g/mol. The quantitative estimate of drug-likeness (QED) is 0.353. The predicted molar refractivity (Wildman–Crippen MR) is 161 cm³/mol. The molecule has 3 fully saturated rings. The lowest BCUT2D eigenvalue weighted by Gasteiger charge is -2.37. The van der Waals surface area contributed by atoms with Crippen LogP contribution in [0.1, 0.15) is 24.8 Å². The molecule has 1 saturated carbocycles. The van der Waals surface area contributed by atoms with Crippen molar-refractivity contribution in [2.24, 2.45) is 0 Å². The van der Waals surface area contributed by atoms with Gasteiger partial charge in [0.25, 0.3) is 0 Å². The van der Waals surface area contributed by atoms with Crippen LogP contribution >= 0.6 is 0 Å². The first-order chi connectivity index (χ1) is 20.1. The maximum atomic E-state index is 12.4. The minimum atomic E-state index is -0.265. The highest BCUT2D eigenvalue weighted by Crippen LogP contribution is 2.40. The van der Waals surface area contributed by atoms with Gasteiger partial charge in [0.2, 0.25) is 5.91 Å². The molecule has 1 aliphatic carbocycles. The highest BCUT2D eigenvalue weighted by molar-refractivity contribution is 6.02. The second-order valence-electron chi connectivity index (χ2n) is 10.7. The number of hydroxylamine groups is 1. The molecule has 10 heteroatoms. The molecule has 3 aliphatic rings. The molecule has 0 spiro atoms. The normalized spacial score (nSPS) is 19.2. The van der Waals surface area contributed by atoms with E-state index < -0.39 is 0 Å². The number of nitrogens with one attached hydrogen (secondary N) is 2. The van der Waals surface area contributed by atoms with Crippen molar-refractivity contribution in [1.29, 1.82) is 0 Å². The molecular formula is C31H37N7O3. The van der Waals surface area contributed by atoms with E-state index in [4.69, 9.17) is 9.57 Å². The maximum Gasteiger partial charge on any atom is 0.247 e. The highest BCUT2D eigenvalue weighted by Gasteiger charge is 2.32. The van der Waals surface area contributed by atoms with E-state index in [1.165, 1.54) is 30.8 Å². The molecule has 214 valence electrons. The van der Waals surface area contributed by atoms with Crippen molar-refractivity contribution in [3.8, 4) is 5.75 Å². The number of anilines is 5. The second-order valence-corrected chi connectivity index (χ2v) is 10.7. The molecule has 2 N–H and O–H groups in total. The van der Waals surface area contributed by atoms with Crippen molar-refractivity contribution in [3.63, 3.8) is 0 Å². The van der Waals surface area contributed by atoms with Gasteiger partial charge in [-0.25, -0.2) is 15.0 Å². The standard InChI is InChI=1S/C31H37N7O3/c1-3-31(39)35-25-18-26(28(40-2)19-27(25)37-14-12-36(13-15-37)23-9-10-23)34-29-20-30(33-21-32-29)38-24(11-16-41-38)17-22-7-5-4-6-8-22/h3-8,18-21,23-24H,1,9-17H2,2H3,(H,35,39)(H,32,33,34)/t24-/m1/s1. The Balaban J connectivity index is 1.24. The minimum Gasteiger partial charge on any atom is -0.494 e. The summed E-state index contributed by atoms with van der Waals surface area (Å²) in [5.74, 6) is 1.67. The van der Waals surface area contributed by atoms with Gasteiger partial charge in [0.1, 0.15) is 17.9 Å². The lowest BCUT2D eigenvalue weighted by atomic mass is 10.0. The largest absolute Gasteiger partial charge is 0.494 e. The van der Waals surface area contributed by atoms with E-state index in [-0.39, 0.29) is 11.9 Å². The van der Waals surface area contributed by atoms with E-state index in [0.717, 1.165) is 50.7 Å². The first kappa shape index (κ1) is 27.0. The molecule has 0 unspecified atom stereocenters. The molecule has 1 aromatic heterocycles. The van der Waals surface area contributed by atoms with Crippen LogP contribution in [0.15, 0.2) is 67.5 Å². The van der Waals surface area contributed by atoms with Gasteiger partial charge in [0.15, 0.2) is 5.82 Å². The van der Waals surface area contributed by atoms with Crippen LogP contribution in [0, 0.1) is 0 Å². The van der Waals surface area contributed by atoms with Crippen molar-refractivity contribution in [2.45, 2.75) is 37.8 Å². The van der Waals surface area contributed by atoms with Crippen LogP contribution in [-0.4, -0.2) is 72.8 Å². The molecule has 2 aliphatic heterocycles. The summed E-state index contributed by atoms with van der Waals surface area (Å²) in [6, 6.07) is 17.1.